The number of benzene rings is 1. The molecule has 0 fully saturated rings. The Bertz CT molecular complexity index is 498. The van der Waals surface area contributed by atoms with E-state index < -0.39 is 11.4 Å². The van der Waals surface area contributed by atoms with Gasteiger partial charge in [0.2, 0.25) is 0 Å². The molecule has 0 saturated carbocycles. The van der Waals surface area contributed by atoms with Crippen LogP contribution < -0.4 is 0 Å². The topological polar surface area (TPSA) is 50.1 Å². The van der Waals surface area contributed by atoms with Crippen molar-refractivity contribution in [2.45, 2.75) is 20.3 Å². The third-order valence-electron chi connectivity index (χ3n) is 2.51. The first kappa shape index (κ1) is 14.7. The first-order chi connectivity index (χ1) is 8.42. The van der Waals surface area contributed by atoms with Gasteiger partial charge in [-0.05, 0) is 47.5 Å². The molecule has 0 aliphatic rings. The number of halogens is 2. The molecule has 0 aliphatic heterocycles. The van der Waals surface area contributed by atoms with E-state index in [1.54, 1.807) is 19.1 Å². The Morgan fingerprint density at radius 2 is 2.28 bits per heavy atom. The molecular weight excluding hydrogens is 301 g/mol. The summed E-state index contributed by atoms with van der Waals surface area (Å²) in [6, 6.07) is 6.37. The summed E-state index contributed by atoms with van der Waals surface area (Å²) in [6.07, 6.45) is 0.182. The van der Waals surface area contributed by atoms with Crippen molar-refractivity contribution in [3.05, 3.63) is 34.1 Å². The highest BCUT2D eigenvalue weighted by Gasteiger charge is 2.35. The largest absolute Gasteiger partial charge is 0.465 e. The fourth-order valence-electron chi connectivity index (χ4n) is 1.51. The van der Waals surface area contributed by atoms with Crippen molar-refractivity contribution >= 4 is 21.9 Å². The van der Waals surface area contributed by atoms with Gasteiger partial charge >= 0.3 is 5.97 Å². The van der Waals surface area contributed by atoms with Gasteiger partial charge < -0.3 is 4.74 Å². The maximum absolute atomic E-state index is 13.1. The van der Waals surface area contributed by atoms with E-state index >= 15 is 0 Å². The number of ether oxygens (including phenoxy) is 1. The molecule has 96 valence electrons. The van der Waals surface area contributed by atoms with Crippen molar-refractivity contribution in [3.8, 4) is 6.07 Å². The van der Waals surface area contributed by atoms with Crippen LogP contribution in [0.15, 0.2) is 22.7 Å². The van der Waals surface area contributed by atoms with Gasteiger partial charge in [0, 0.05) is 6.42 Å². The third-order valence-corrected chi connectivity index (χ3v) is 3.12. The molecule has 0 aliphatic carbocycles. The molecule has 18 heavy (non-hydrogen) atoms. The van der Waals surface area contributed by atoms with Crippen LogP contribution >= 0.6 is 15.9 Å². The van der Waals surface area contributed by atoms with Crippen molar-refractivity contribution in [2.24, 2.45) is 5.41 Å². The SMILES string of the molecule is CCOC(=O)C(C)(C#N)Cc1ccc(F)c(Br)c1. The van der Waals surface area contributed by atoms with Crippen molar-refractivity contribution in [1.82, 2.24) is 0 Å². The molecule has 0 saturated heterocycles. The fraction of sp³-hybridized carbons (Fsp3) is 0.385. The van der Waals surface area contributed by atoms with Crippen LogP contribution in [0.4, 0.5) is 4.39 Å². The summed E-state index contributed by atoms with van der Waals surface area (Å²) in [5.74, 6) is -0.943. The minimum Gasteiger partial charge on any atom is -0.465 e. The second kappa shape index (κ2) is 5.96. The van der Waals surface area contributed by atoms with Gasteiger partial charge in [-0.25, -0.2) is 4.39 Å². The number of hydrogen-bond acceptors (Lipinski definition) is 3. The number of carbonyl (C=O) groups is 1. The van der Waals surface area contributed by atoms with E-state index in [1.165, 1.54) is 13.0 Å². The molecule has 0 bridgehead atoms. The molecule has 1 aromatic carbocycles. The summed E-state index contributed by atoms with van der Waals surface area (Å²) in [5, 5.41) is 9.13. The van der Waals surface area contributed by atoms with Gasteiger partial charge in [-0.1, -0.05) is 6.07 Å². The van der Waals surface area contributed by atoms with Crippen LogP contribution in [-0.4, -0.2) is 12.6 Å². The van der Waals surface area contributed by atoms with E-state index in [1.807, 2.05) is 6.07 Å². The minimum atomic E-state index is -1.26. The monoisotopic (exact) mass is 313 g/mol. The summed E-state index contributed by atoms with van der Waals surface area (Å²) in [6.45, 7) is 3.43. The van der Waals surface area contributed by atoms with Crippen molar-refractivity contribution in [2.75, 3.05) is 6.61 Å². The maximum Gasteiger partial charge on any atom is 0.326 e. The molecule has 3 nitrogen and oxygen atoms in total. The van der Waals surface area contributed by atoms with E-state index in [-0.39, 0.29) is 18.8 Å². The van der Waals surface area contributed by atoms with Crippen LogP contribution in [0, 0.1) is 22.6 Å². The van der Waals surface area contributed by atoms with E-state index in [4.69, 9.17) is 10.00 Å². The molecule has 1 unspecified atom stereocenters. The minimum absolute atomic E-state index is 0.182. The van der Waals surface area contributed by atoms with Gasteiger partial charge in [-0.15, -0.1) is 0 Å². The Morgan fingerprint density at radius 3 is 2.78 bits per heavy atom. The first-order valence-electron chi connectivity index (χ1n) is 5.45. The molecule has 5 heteroatoms. The van der Waals surface area contributed by atoms with Crippen LogP contribution in [-0.2, 0) is 16.0 Å². The maximum atomic E-state index is 13.1. The van der Waals surface area contributed by atoms with Gasteiger partial charge in [-0.2, -0.15) is 5.26 Å². The number of hydrogen-bond donors (Lipinski definition) is 0. The molecule has 0 aromatic heterocycles. The smallest absolute Gasteiger partial charge is 0.326 e. The predicted molar refractivity (Wildman–Crippen MR) is 68.2 cm³/mol. The van der Waals surface area contributed by atoms with Crippen LogP contribution in [0.3, 0.4) is 0 Å². The molecule has 1 atom stereocenters. The Hall–Kier alpha value is -1.41. The zero-order valence-corrected chi connectivity index (χ0v) is 11.8. The third kappa shape index (κ3) is 3.30. The molecule has 0 spiro atoms. The Morgan fingerprint density at radius 1 is 1.61 bits per heavy atom. The fourth-order valence-corrected chi connectivity index (χ4v) is 1.93. The molecule has 1 aromatic rings. The second-order valence-electron chi connectivity index (χ2n) is 4.09. The highest BCUT2D eigenvalue weighted by atomic mass is 79.9. The number of nitrogens with zero attached hydrogens (tertiary/aromatic N) is 1. The molecule has 0 heterocycles. The van der Waals surface area contributed by atoms with Crippen molar-refractivity contribution in [3.63, 3.8) is 0 Å². The molecule has 1 rings (SSSR count). The first-order valence-corrected chi connectivity index (χ1v) is 6.24. The molecular formula is C13H13BrFNO2. The Balaban J connectivity index is 2.95. The average molecular weight is 314 g/mol. The van der Waals surface area contributed by atoms with Crippen LogP contribution in [0.1, 0.15) is 19.4 Å². The standard InChI is InChI=1S/C13H13BrFNO2/c1-3-18-12(17)13(2,8-16)7-9-4-5-11(15)10(14)6-9/h4-6H,3,7H2,1-2H3. The zero-order chi connectivity index (χ0) is 13.8. The molecule has 0 radical (unpaired) electrons. The van der Waals surface area contributed by atoms with Gasteiger partial charge in [0.15, 0.2) is 5.41 Å². The molecule has 0 N–H and O–H groups in total. The summed E-state index contributed by atoms with van der Waals surface area (Å²) < 4.78 is 18.3. The Kier molecular flexibility index (Phi) is 4.85. The summed E-state index contributed by atoms with van der Waals surface area (Å²) >= 11 is 3.07. The molecule has 0 amide bonds. The Labute approximate surface area is 114 Å². The summed E-state index contributed by atoms with van der Waals surface area (Å²) in [7, 11) is 0. The van der Waals surface area contributed by atoms with E-state index in [2.05, 4.69) is 15.9 Å². The summed E-state index contributed by atoms with van der Waals surface area (Å²) in [4.78, 5) is 11.7. The predicted octanol–water partition coefficient (Wildman–Crippen LogP) is 3.22. The van der Waals surface area contributed by atoms with Crippen LogP contribution in [0.25, 0.3) is 0 Å². The lowest BCUT2D eigenvalue weighted by Crippen LogP contribution is -2.30. The lowest BCUT2D eigenvalue weighted by atomic mass is 9.85. The quantitative estimate of drug-likeness (QED) is 0.802. The number of esters is 1. The van der Waals surface area contributed by atoms with Gasteiger partial charge in [0.25, 0.3) is 0 Å². The van der Waals surface area contributed by atoms with Gasteiger partial charge in [0.05, 0.1) is 17.1 Å². The lowest BCUT2D eigenvalue weighted by molar-refractivity contribution is -0.151. The average Bonchev–Trinajstić information content (AvgIpc) is 2.34. The number of carbonyl (C=O) groups excluding carboxylic acids is 1. The van der Waals surface area contributed by atoms with Crippen LogP contribution in [0.2, 0.25) is 0 Å². The van der Waals surface area contributed by atoms with Crippen molar-refractivity contribution in [1.29, 1.82) is 5.26 Å². The highest BCUT2D eigenvalue weighted by Crippen LogP contribution is 2.26. The number of rotatable bonds is 4. The zero-order valence-electron chi connectivity index (χ0n) is 10.2. The normalized spacial score (nSPS) is 13.5. The van der Waals surface area contributed by atoms with Crippen LogP contribution in [0.5, 0.6) is 0 Å². The summed E-state index contributed by atoms with van der Waals surface area (Å²) in [5.41, 5.74) is -0.562. The second-order valence-corrected chi connectivity index (χ2v) is 4.94. The lowest BCUT2D eigenvalue weighted by Gasteiger charge is -2.19. The van der Waals surface area contributed by atoms with E-state index in [0.29, 0.717) is 10.0 Å². The van der Waals surface area contributed by atoms with Crippen molar-refractivity contribution < 1.29 is 13.9 Å². The van der Waals surface area contributed by atoms with Gasteiger partial charge in [0.1, 0.15) is 5.82 Å². The van der Waals surface area contributed by atoms with E-state index in [9.17, 15) is 9.18 Å². The number of nitriles is 1. The van der Waals surface area contributed by atoms with Gasteiger partial charge in [-0.3, -0.25) is 4.79 Å². The highest BCUT2D eigenvalue weighted by molar-refractivity contribution is 9.10. The van der Waals surface area contributed by atoms with E-state index in [0.717, 1.165) is 0 Å².